The number of anilines is 1. The van der Waals surface area contributed by atoms with Crippen LogP contribution in [0.15, 0.2) is 53.5 Å². The highest BCUT2D eigenvalue weighted by atomic mass is 127. The molecule has 0 heterocycles. The van der Waals surface area contributed by atoms with Crippen molar-refractivity contribution in [1.82, 2.24) is 0 Å². The van der Waals surface area contributed by atoms with Crippen molar-refractivity contribution < 1.29 is 4.39 Å². The van der Waals surface area contributed by atoms with Gasteiger partial charge in [-0.1, -0.05) is 35.9 Å². The van der Waals surface area contributed by atoms with Crippen molar-refractivity contribution in [3.63, 3.8) is 0 Å². The number of guanidine groups is 1. The molecule has 2 aromatic carbocycles. The predicted octanol–water partition coefficient (Wildman–Crippen LogP) is 3.72. The average Bonchev–Trinajstić information content (AvgIpc) is 2.43. The summed E-state index contributed by atoms with van der Waals surface area (Å²) in [5.74, 6) is 0.137. The van der Waals surface area contributed by atoms with Gasteiger partial charge in [0.15, 0.2) is 5.96 Å². The highest BCUT2D eigenvalue weighted by molar-refractivity contribution is 14.0. The molecule has 0 aromatic heterocycles. The summed E-state index contributed by atoms with van der Waals surface area (Å²) in [5, 5.41) is 3.00. The first-order chi connectivity index (χ1) is 9.65. The minimum atomic E-state index is -0.201. The quantitative estimate of drug-likeness (QED) is 0.468. The second kappa shape index (κ2) is 8.61. The second-order valence-electron chi connectivity index (χ2n) is 4.60. The van der Waals surface area contributed by atoms with Crippen molar-refractivity contribution in [2.75, 3.05) is 11.9 Å². The predicted molar refractivity (Wildman–Crippen MR) is 96.8 cm³/mol. The van der Waals surface area contributed by atoms with Gasteiger partial charge >= 0.3 is 0 Å². The molecule has 2 aromatic rings. The number of nitrogens with one attached hydrogen (secondary N) is 1. The van der Waals surface area contributed by atoms with Crippen molar-refractivity contribution in [2.45, 2.75) is 13.3 Å². The molecular weight excluding hydrogens is 380 g/mol. The molecule has 0 aliphatic rings. The van der Waals surface area contributed by atoms with E-state index in [1.807, 2.05) is 37.3 Å². The van der Waals surface area contributed by atoms with E-state index in [1.165, 1.54) is 11.6 Å². The van der Waals surface area contributed by atoms with Gasteiger partial charge in [-0.2, -0.15) is 0 Å². The maximum atomic E-state index is 13.4. The molecule has 0 fully saturated rings. The summed E-state index contributed by atoms with van der Waals surface area (Å²) in [7, 11) is 0. The van der Waals surface area contributed by atoms with E-state index in [0.29, 0.717) is 24.5 Å². The van der Waals surface area contributed by atoms with Crippen LogP contribution in [0.25, 0.3) is 0 Å². The number of nitrogens with zero attached hydrogens (tertiary/aromatic N) is 1. The van der Waals surface area contributed by atoms with Gasteiger partial charge in [-0.05, 0) is 37.1 Å². The molecular formula is C16H19FIN3. The molecule has 0 radical (unpaired) electrons. The van der Waals surface area contributed by atoms with Crippen LogP contribution in [0, 0.1) is 12.7 Å². The normalized spacial score (nSPS) is 10.9. The third-order valence-electron chi connectivity index (χ3n) is 2.95. The van der Waals surface area contributed by atoms with E-state index < -0.39 is 0 Å². The van der Waals surface area contributed by atoms with Gasteiger partial charge in [-0.15, -0.1) is 24.0 Å². The van der Waals surface area contributed by atoms with E-state index in [0.717, 1.165) is 5.69 Å². The molecule has 2 rings (SSSR count). The van der Waals surface area contributed by atoms with Crippen LogP contribution in [0.5, 0.6) is 0 Å². The van der Waals surface area contributed by atoms with Crippen LogP contribution in [0.3, 0.4) is 0 Å². The SMILES string of the molecule is Cc1ccc(NC(N)=NCCc2ccccc2F)cc1.I. The zero-order valence-corrected chi connectivity index (χ0v) is 14.2. The molecule has 0 saturated carbocycles. The Morgan fingerprint density at radius 1 is 1.14 bits per heavy atom. The van der Waals surface area contributed by atoms with Gasteiger partial charge in [0, 0.05) is 12.2 Å². The molecule has 0 bridgehead atoms. The molecule has 3 nitrogen and oxygen atoms in total. The smallest absolute Gasteiger partial charge is 0.193 e. The lowest BCUT2D eigenvalue weighted by atomic mass is 10.1. The topological polar surface area (TPSA) is 50.4 Å². The van der Waals surface area contributed by atoms with Gasteiger partial charge in [-0.3, -0.25) is 4.99 Å². The van der Waals surface area contributed by atoms with Crippen LogP contribution in [0.4, 0.5) is 10.1 Å². The largest absolute Gasteiger partial charge is 0.370 e. The average molecular weight is 399 g/mol. The number of benzene rings is 2. The molecule has 0 spiro atoms. The number of nitrogens with two attached hydrogens (primary N) is 1. The lowest BCUT2D eigenvalue weighted by molar-refractivity contribution is 0.609. The van der Waals surface area contributed by atoms with Crippen LogP contribution in [0.2, 0.25) is 0 Å². The van der Waals surface area contributed by atoms with Gasteiger partial charge in [0.2, 0.25) is 0 Å². The fourth-order valence-corrected chi connectivity index (χ4v) is 1.82. The van der Waals surface area contributed by atoms with E-state index in [2.05, 4.69) is 10.3 Å². The Hall–Kier alpha value is -1.63. The summed E-state index contributed by atoms with van der Waals surface area (Å²) in [4.78, 5) is 4.19. The maximum Gasteiger partial charge on any atom is 0.193 e. The molecule has 0 unspecified atom stereocenters. The van der Waals surface area contributed by atoms with Crippen LogP contribution in [-0.4, -0.2) is 12.5 Å². The van der Waals surface area contributed by atoms with E-state index in [9.17, 15) is 4.39 Å². The van der Waals surface area contributed by atoms with Crippen LogP contribution >= 0.6 is 24.0 Å². The first-order valence-corrected chi connectivity index (χ1v) is 6.52. The Balaban J connectivity index is 0.00000220. The minimum Gasteiger partial charge on any atom is -0.370 e. The van der Waals surface area contributed by atoms with Crippen LogP contribution in [0.1, 0.15) is 11.1 Å². The van der Waals surface area contributed by atoms with Crippen molar-refractivity contribution in [3.8, 4) is 0 Å². The summed E-state index contributed by atoms with van der Waals surface area (Å²) < 4.78 is 13.4. The highest BCUT2D eigenvalue weighted by Crippen LogP contribution is 2.09. The number of hydrogen-bond acceptors (Lipinski definition) is 1. The molecule has 0 saturated heterocycles. The number of aryl methyl sites for hydroxylation is 1. The molecule has 3 N–H and O–H groups in total. The standard InChI is InChI=1S/C16H18FN3.HI/c1-12-6-8-14(9-7-12)20-16(18)19-11-10-13-4-2-3-5-15(13)17;/h2-9H,10-11H2,1H3,(H3,18,19,20);1H. The van der Waals surface area contributed by atoms with Gasteiger partial charge in [-0.25, -0.2) is 4.39 Å². The van der Waals surface area contributed by atoms with E-state index in [4.69, 9.17) is 5.73 Å². The molecule has 0 amide bonds. The lowest BCUT2D eigenvalue weighted by Gasteiger charge is -2.06. The first-order valence-electron chi connectivity index (χ1n) is 6.52. The molecule has 21 heavy (non-hydrogen) atoms. The van der Waals surface area contributed by atoms with Gasteiger partial charge in [0.05, 0.1) is 0 Å². The third-order valence-corrected chi connectivity index (χ3v) is 2.95. The Morgan fingerprint density at radius 2 is 1.81 bits per heavy atom. The Labute approximate surface area is 141 Å². The Kier molecular flexibility index (Phi) is 7.14. The molecule has 5 heteroatoms. The van der Waals surface area contributed by atoms with Gasteiger partial charge in [0.1, 0.15) is 5.82 Å². The summed E-state index contributed by atoms with van der Waals surface area (Å²) in [6, 6.07) is 14.6. The highest BCUT2D eigenvalue weighted by Gasteiger charge is 2.00. The van der Waals surface area contributed by atoms with Crippen molar-refractivity contribution >= 4 is 35.6 Å². The molecule has 0 atom stereocenters. The summed E-state index contributed by atoms with van der Waals surface area (Å²) in [6.45, 7) is 2.47. The van der Waals surface area contributed by atoms with E-state index in [-0.39, 0.29) is 29.8 Å². The lowest BCUT2D eigenvalue weighted by Crippen LogP contribution is -2.23. The van der Waals surface area contributed by atoms with Crippen molar-refractivity contribution in [1.29, 1.82) is 0 Å². The zero-order chi connectivity index (χ0) is 14.4. The number of aliphatic imine (C=N–C) groups is 1. The third kappa shape index (κ3) is 5.71. The number of hydrogen-bond donors (Lipinski definition) is 2. The monoisotopic (exact) mass is 399 g/mol. The summed E-state index contributed by atoms with van der Waals surface area (Å²) in [6.07, 6.45) is 0.531. The Morgan fingerprint density at radius 3 is 2.48 bits per heavy atom. The minimum absolute atomic E-state index is 0. The fourth-order valence-electron chi connectivity index (χ4n) is 1.82. The molecule has 0 aliphatic carbocycles. The molecule has 112 valence electrons. The van der Waals surface area contributed by atoms with Gasteiger partial charge in [0.25, 0.3) is 0 Å². The zero-order valence-electron chi connectivity index (χ0n) is 11.8. The number of halogens is 2. The molecule has 0 aliphatic heterocycles. The van der Waals surface area contributed by atoms with E-state index >= 15 is 0 Å². The van der Waals surface area contributed by atoms with Crippen LogP contribution < -0.4 is 11.1 Å². The van der Waals surface area contributed by atoms with Crippen LogP contribution in [-0.2, 0) is 6.42 Å². The van der Waals surface area contributed by atoms with Crippen molar-refractivity contribution in [2.24, 2.45) is 10.7 Å². The van der Waals surface area contributed by atoms with E-state index in [1.54, 1.807) is 12.1 Å². The Bertz CT molecular complexity index is 597. The van der Waals surface area contributed by atoms with Crippen molar-refractivity contribution in [3.05, 3.63) is 65.5 Å². The van der Waals surface area contributed by atoms with Gasteiger partial charge < -0.3 is 11.1 Å². The summed E-state index contributed by atoms with van der Waals surface area (Å²) in [5.41, 5.74) is 8.52. The first kappa shape index (κ1) is 17.4. The maximum absolute atomic E-state index is 13.4. The number of rotatable bonds is 4. The second-order valence-corrected chi connectivity index (χ2v) is 4.60. The summed E-state index contributed by atoms with van der Waals surface area (Å²) >= 11 is 0. The fraction of sp³-hybridized carbons (Fsp3) is 0.188.